The Morgan fingerprint density at radius 1 is 0.947 bits per heavy atom. The van der Waals surface area contributed by atoms with Crippen LogP contribution in [0.25, 0.3) is 0 Å². The first-order chi connectivity index (χ1) is 18.3. The molecule has 0 N–H and O–H groups in total. The van der Waals surface area contributed by atoms with E-state index in [0.717, 1.165) is 36.3 Å². The fourth-order valence-corrected chi connectivity index (χ4v) is 5.05. The number of hydrogen-bond acceptors (Lipinski definition) is 6. The molecule has 1 saturated heterocycles. The lowest BCUT2D eigenvalue weighted by Gasteiger charge is -2.30. The molecule has 0 amide bonds. The molecule has 2 aromatic rings. The smallest absolute Gasteiger partial charge is 0.309 e. The minimum Gasteiger partial charge on any atom is -0.493 e. The topological polar surface area (TPSA) is 63.2 Å². The molecular weight excluding hydrogens is 480 g/mol. The largest absolute Gasteiger partial charge is 0.493 e. The van der Waals surface area contributed by atoms with E-state index in [0.29, 0.717) is 38.1 Å². The van der Waals surface area contributed by atoms with E-state index in [-0.39, 0.29) is 30.0 Å². The molecule has 38 heavy (non-hydrogen) atoms. The van der Waals surface area contributed by atoms with Gasteiger partial charge in [0.25, 0.3) is 0 Å². The Hall–Kier alpha value is -2.57. The van der Waals surface area contributed by atoms with Gasteiger partial charge in [0.15, 0.2) is 11.5 Å². The van der Waals surface area contributed by atoms with Crippen LogP contribution in [0, 0.1) is 23.7 Å². The Balaban J connectivity index is 1.75. The van der Waals surface area contributed by atoms with Crippen LogP contribution in [0.4, 0.5) is 0 Å². The normalized spacial score (nSPS) is 19.0. The van der Waals surface area contributed by atoms with Crippen molar-refractivity contribution in [1.82, 2.24) is 0 Å². The van der Waals surface area contributed by atoms with E-state index >= 15 is 0 Å². The Kier molecular flexibility index (Phi) is 11.9. The van der Waals surface area contributed by atoms with Crippen LogP contribution in [0.5, 0.6) is 11.5 Å². The van der Waals surface area contributed by atoms with Crippen molar-refractivity contribution in [3.05, 3.63) is 59.7 Å². The van der Waals surface area contributed by atoms with Crippen LogP contribution >= 0.6 is 0 Å². The molecule has 6 heteroatoms. The van der Waals surface area contributed by atoms with Gasteiger partial charge in [0.05, 0.1) is 32.3 Å². The Morgan fingerprint density at radius 2 is 1.71 bits per heavy atom. The number of benzene rings is 2. The molecule has 1 aliphatic rings. The van der Waals surface area contributed by atoms with Crippen molar-refractivity contribution in [1.29, 1.82) is 0 Å². The van der Waals surface area contributed by atoms with E-state index in [1.807, 2.05) is 24.3 Å². The molecule has 0 bridgehead atoms. The second-order valence-corrected chi connectivity index (χ2v) is 11.0. The van der Waals surface area contributed by atoms with E-state index in [2.05, 4.69) is 52.0 Å². The SMILES string of the molecule is COCCCOc1cc(C[C@@H](C[C@@H](OCc2ccccc2)[C@@H]2C[C@@H](C(C)C)C(=O)O2)C(C)C)ccc1OC. The van der Waals surface area contributed by atoms with E-state index in [1.54, 1.807) is 14.2 Å². The van der Waals surface area contributed by atoms with Gasteiger partial charge in [-0.1, -0.05) is 64.1 Å². The van der Waals surface area contributed by atoms with Gasteiger partial charge < -0.3 is 23.7 Å². The summed E-state index contributed by atoms with van der Waals surface area (Å²) in [7, 11) is 3.36. The molecule has 1 aliphatic heterocycles. The Bertz CT molecular complexity index is 973. The lowest BCUT2D eigenvalue weighted by molar-refractivity contribution is -0.151. The van der Waals surface area contributed by atoms with Crippen molar-refractivity contribution < 1.29 is 28.5 Å². The van der Waals surface area contributed by atoms with E-state index in [4.69, 9.17) is 23.7 Å². The maximum atomic E-state index is 12.6. The third kappa shape index (κ3) is 8.74. The molecule has 6 nitrogen and oxygen atoms in total. The predicted octanol–water partition coefficient (Wildman–Crippen LogP) is 6.49. The van der Waals surface area contributed by atoms with Gasteiger partial charge in [-0.3, -0.25) is 4.79 Å². The van der Waals surface area contributed by atoms with Crippen molar-refractivity contribution in [3.63, 3.8) is 0 Å². The second-order valence-electron chi connectivity index (χ2n) is 11.0. The van der Waals surface area contributed by atoms with E-state index < -0.39 is 0 Å². The monoisotopic (exact) mass is 526 g/mol. The van der Waals surface area contributed by atoms with Gasteiger partial charge in [-0.15, -0.1) is 0 Å². The van der Waals surface area contributed by atoms with Crippen LogP contribution < -0.4 is 9.47 Å². The van der Waals surface area contributed by atoms with Crippen LogP contribution in [0.2, 0.25) is 0 Å². The lowest BCUT2D eigenvalue weighted by atomic mass is 9.82. The molecule has 1 heterocycles. The first-order valence-corrected chi connectivity index (χ1v) is 14.0. The molecule has 0 radical (unpaired) electrons. The van der Waals surface area contributed by atoms with E-state index in [1.165, 1.54) is 5.56 Å². The highest BCUT2D eigenvalue weighted by atomic mass is 16.6. The summed E-state index contributed by atoms with van der Waals surface area (Å²) in [4.78, 5) is 12.6. The average molecular weight is 527 g/mol. The van der Waals surface area contributed by atoms with Crippen molar-refractivity contribution in [2.45, 2.75) is 72.2 Å². The fraction of sp³-hybridized carbons (Fsp3) is 0.594. The first-order valence-electron chi connectivity index (χ1n) is 14.0. The maximum Gasteiger partial charge on any atom is 0.309 e. The number of hydrogen-bond donors (Lipinski definition) is 0. The van der Waals surface area contributed by atoms with Crippen molar-refractivity contribution in [2.24, 2.45) is 23.7 Å². The predicted molar refractivity (Wildman–Crippen MR) is 149 cm³/mol. The molecule has 0 unspecified atom stereocenters. The minimum atomic E-state index is -0.226. The molecular formula is C32H46O6. The van der Waals surface area contributed by atoms with Gasteiger partial charge in [0.1, 0.15) is 6.10 Å². The van der Waals surface area contributed by atoms with Gasteiger partial charge in [-0.2, -0.15) is 0 Å². The van der Waals surface area contributed by atoms with Crippen LogP contribution in [0.1, 0.15) is 58.1 Å². The fourth-order valence-electron chi connectivity index (χ4n) is 5.05. The quantitative estimate of drug-likeness (QED) is 0.184. The zero-order valence-corrected chi connectivity index (χ0v) is 24.0. The first kappa shape index (κ1) is 30.0. The number of esters is 1. The zero-order chi connectivity index (χ0) is 27.5. The number of carbonyl (C=O) groups excluding carboxylic acids is 1. The summed E-state index contributed by atoms with van der Waals surface area (Å²) in [5.41, 5.74) is 2.31. The molecule has 1 fully saturated rings. The maximum absolute atomic E-state index is 12.6. The summed E-state index contributed by atoms with van der Waals surface area (Å²) in [6.45, 7) is 10.4. The highest BCUT2D eigenvalue weighted by molar-refractivity contribution is 5.75. The molecule has 2 aromatic carbocycles. The van der Waals surface area contributed by atoms with Crippen LogP contribution in [0.15, 0.2) is 48.5 Å². The Morgan fingerprint density at radius 3 is 2.34 bits per heavy atom. The third-order valence-corrected chi connectivity index (χ3v) is 7.54. The van der Waals surface area contributed by atoms with Crippen molar-refractivity contribution in [3.8, 4) is 11.5 Å². The van der Waals surface area contributed by atoms with Gasteiger partial charge >= 0.3 is 5.97 Å². The number of rotatable bonds is 16. The molecule has 210 valence electrons. The van der Waals surface area contributed by atoms with Crippen LogP contribution in [-0.2, 0) is 32.0 Å². The average Bonchev–Trinajstić information content (AvgIpc) is 3.30. The number of carbonyl (C=O) groups is 1. The number of cyclic esters (lactones) is 1. The molecule has 0 aromatic heterocycles. The summed E-state index contributed by atoms with van der Waals surface area (Å²) in [6, 6.07) is 16.4. The minimum absolute atomic E-state index is 0.0697. The van der Waals surface area contributed by atoms with Gasteiger partial charge in [0, 0.05) is 26.6 Å². The number of methoxy groups -OCH3 is 2. The van der Waals surface area contributed by atoms with E-state index in [9.17, 15) is 4.79 Å². The highest BCUT2D eigenvalue weighted by Gasteiger charge is 2.41. The standard InChI is InChI=1S/C32H46O6/c1-22(2)26(17-25-13-14-28(35-6)29(18-25)36-16-10-15-34-5)19-30(37-21-24-11-8-7-9-12-24)31-20-27(23(3)4)32(33)38-31/h7-9,11-14,18,22-23,26-27,30-31H,10,15-17,19-21H2,1-6H3/t26-,27-,30+,31-/m0/s1. The van der Waals surface area contributed by atoms with Crippen LogP contribution in [0.3, 0.4) is 0 Å². The summed E-state index contributed by atoms with van der Waals surface area (Å²) < 4.78 is 29.1. The summed E-state index contributed by atoms with van der Waals surface area (Å²) in [5, 5.41) is 0. The van der Waals surface area contributed by atoms with Gasteiger partial charge in [0.2, 0.25) is 0 Å². The van der Waals surface area contributed by atoms with Gasteiger partial charge in [-0.25, -0.2) is 0 Å². The third-order valence-electron chi connectivity index (χ3n) is 7.54. The summed E-state index contributed by atoms with van der Waals surface area (Å²) in [5.74, 6) is 2.33. The molecule has 0 spiro atoms. The molecule has 3 rings (SSSR count). The molecule has 0 saturated carbocycles. The number of ether oxygens (including phenoxy) is 5. The van der Waals surface area contributed by atoms with Crippen LogP contribution in [-0.4, -0.2) is 45.6 Å². The summed E-state index contributed by atoms with van der Waals surface area (Å²) in [6.07, 6.45) is 2.81. The lowest BCUT2D eigenvalue weighted by Crippen LogP contribution is -2.33. The molecule has 4 atom stereocenters. The molecule has 0 aliphatic carbocycles. The highest BCUT2D eigenvalue weighted by Crippen LogP contribution is 2.35. The zero-order valence-electron chi connectivity index (χ0n) is 24.0. The summed E-state index contributed by atoms with van der Waals surface area (Å²) >= 11 is 0. The van der Waals surface area contributed by atoms with Crippen molar-refractivity contribution >= 4 is 5.97 Å². The van der Waals surface area contributed by atoms with Gasteiger partial charge in [-0.05, 0) is 53.9 Å². The Labute approximate surface area is 229 Å². The van der Waals surface area contributed by atoms with Crippen molar-refractivity contribution in [2.75, 3.05) is 27.4 Å². The second kappa shape index (κ2) is 15.1.